The summed E-state index contributed by atoms with van der Waals surface area (Å²) in [7, 11) is 4.45. The van der Waals surface area contributed by atoms with Gasteiger partial charge < -0.3 is 49.6 Å². The summed E-state index contributed by atoms with van der Waals surface area (Å²) in [5, 5.41) is 46.9. The molecule has 2 aliphatic rings. The Balaban J connectivity index is 0.000000225. The zero-order valence-electron chi connectivity index (χ0n) is 42.2. The Morgan fingerprint density at radius 2 is 0.716 bits per heavy atom. The van der Waals surface area contributed by atoms with E-state index in [2.05, 4.69) is 144 Å². The number of aromatic nitrogens is 4. The van der Waals surface area contributed by atoms with Crippen LogP contribution in [0.15, 0.2) is 134 Å². The second-order valence-corrected chi connectivity index (χ2v) is 18.1. The summed E-state index contributed by atoms with van der Waals surface area (Å²) in [6, 6.07) is 34.9. The highest BCUT2D eigenvalue weighted by Gasteiger charge is 2.22. The minimum absolute atomic E-state index is 0.558. The predicted molar refractivity (Wildman–Crippen MR) is 281 cm³/mol. The van der Waals surface area contributed by atoms with Gasteiger partial charge in [-0.1, -0.05) is 83.9 Å². The molecule has 18 heteroatoms. The number of rotatable bonds is 14. The highest BCUT2D eigenvalue weighted by molar-refractivity contribution is 5.90. The molecular weight excluding hydrogens is 949 g/mol. The second-order valence-electron chi connectivity index (χ2n) is 18.1. The third kappa shape index (κ3) is 21.2. The van der Waals surface area contributed by atoms with Crippen molar-refractivity contribution in [2.45, 2.75) is 65.5 Å². The van der Waals surface area contributed by atoms with Gasteiger partial charge in [-0.25, -0.2) is 38.7 Å². The van der Waals surface area contributed by atoms with E-state index in [0.717, 1.165) is 48.8 Å². The molecule has 0 aliphatic carbocycles. The number of aryl methyl sites for hydroxylation is 2. The summed E-state index contributed by atoms with van der Waals surface area (Å²) in [4.78, 5) is 72.2. The Morgan fingerprint density at radius 3 is 0.986 bits per heavy atom. The van der Waals surface area contributed by atoms with Crippen LogP contribution >= 0.6 is 0 Å². The van der Waals surface area contributed by atoms with Crippen molar-refractivity contribution in [2.24, 2.45) is 11.8 Å². The van der Waals surface area contributed by atoms with Gasteiger partial charge in [0.25, 0.3) is 0 Å². The van der Waals surface area contributed by atoms with Crippen molar-refractivity contribution >= 4 is 57.9 Å². The molecule has 18 nitrogen and oxygen atoms in total. The first kappa shape index (κ1) is 58.4. The number of likely N-dealkylation sites (tertiary alicyclic amines) is 2. The molecule has 0 amide bonds. The molecule has 4 heterocycles. The van der Waals surface area contributed by atoms with Crippen LogP contribution in [-0.4, -0.2) is 136 Å². The summed E-state index contributed by atoms with van der Waals surface area (Å²) in [5.41, 5.74) is 10.1. The molecular formula is C56H66N6O12. The summed E-state index contributed by atoms with van der Waals surface area (Å²) in [5.74, 6) is -3.54. The largest absolute Gasteiger partial charge is 0.478 e. The van der Waals surface area contributed by atoms with Crippen LogP contribution in [0.1, 0.15) is 59.6 Å². The summed E-state index contributed by atoms with van der Waals surface area (Å²) in [6.45, 7) is 10.9. The van der Waals surface area contributed by atoms with E-state index >= 15 is 0 Å². The number of carboxylic acids is 6. The second kappa shape index (κ2) is 30.0. The molecule has 6 aromatic rings. The molecule has 0 bridgehead atoms. The fraction of sp³-hybridized carbons (Fsp3) is 0.321. The molecule has 2 fully saturated rings. The number of carboxylic acid groups (broad SMARTS) is 6. The third-order valence-corrected chi connectivity index (χ3v) is 12.1. The van der Waals surface area contributed by atoms with Crippen molar-refractivity contribution in [3.8, 4) is 0 Å². The van der Waals surface area contributed by atoms with Crippen LogP contribution in [0.2, 0.25) is 0 Å². The molecule has 0 spiro atoms. The number of nitrogens with zero attached hydrogens (tertiary/aromatic N) is 6. The quantitative estimate of drug-likeness (QED) is 0.0571. The fourth-order valence-corrected chi connectivity index (χ4v) is 8.14. The smallest absolute Gasteiger partial charge is 0.328 e. The number of imidazole rings is 2. The molecule has 392 valence electrons. The average Bonchev–Trinajstić information content (AvgIpc) is 3.89. The number of piperidine rings is 2. The lowest BCUT2D eigenvalue weighted by Crippen LogP contribution is -2.31. The maximum absolute atomic E-state index is 9.55. The van der Waals surface area contributed by atoms with Gasteiger partial charge in [0, 0.05) is 62.4 Å². The SMILES string of the molecule is Cc1ccc(Cn2c(CC3CCN(C)CC3)nc3ccccc32)cc1.Cc1ccc(Cn2c(CC3CCN(C)CC3)nc3ccccc32)cc1.O=C(O)C=CC(=O)O.O=C(O)C=CC(=O)O.O=C(O)C=CC(=O)O. The van der Waals surface area contributed by atoms with Crippen LogP contribution in [0.5, 0.6) is 0 Å². The van der Waals surface area contributed by atoms with Crippen molar-refractivity contribution in [3.63, 3.8) is 0 Å². The van der Waals surface area contributed by atoms with Gasteiger partial charge in [0.1, 0.15) is 11.6 Å². The molecule has 6 N–H and O–H groups in total. The van der Waals surface area contributed by atoms with Crippen LogP contribution in [0.3, 0.4) is 0 Å². The first-order valence-corrected chi connectivity index (χ1v) is 24.0. The van der Waals surface area contributed by atoms with E-state index in [4.69, 9.17) is 40.6 Å². The standard InChI is InChI=1S/2C22H27N3.3C4H4O4/c2*1-17-7-9-19(10-8-17)16-25-21-6-4-3-5-20(21)23-22(25)15-18-11-13-24(2)14-12-18;3*5-3(6)1-2-4(7)8/h2*3-10,18H,11-16H2,1-2H3;3*1-2H,(H,5,6)(H,7,8). The van der Waals surface area contributed by atoms with Crippen LogP contribution in [-0.2, 0) is 54.7 Å². The molecule has 8 rings (SSSR count). The molecule has 2 aliphatic heterocycles. The van der Waals surface area contributed by atoms with Crippen LogP contribution < -0.4 is 0 Å². The van der Waals surface area contributed by atoms with Crippen molar-refractivity contribution in [1.82, 2.24) is 28.9 Å². The van der Waals surface area contributed by atoms with Gasteiger partial charge in [-0.3, -0.25) is 0 Å². The van der Waals surface area contributed by atoms with Crippen LogP contribution in [0.4, 0.5) is 0 Å². The minimum Gasteiger partial charge on any atom is -0.478 e. The predicted octanol–water partition coefficient (Wildman–Crippen LogP) is 7.69. The average molecular weight is 1020 g/mol. The highest BCUT2D eigenvalue weighted by atomic mass is 16.4. The lowest BCUT2D eigenvalue weighted by Gasteiger charge is -2.28. The highest BCUT2D eigenvalue weighted by Crippen LogP contribution is 2.26. The molecule has 0 atom stereocenters. The lowest BCUT2D eigenvalue weighted by molar-refractivity contribution is -0.134. The van der Waals surface area contributed by atoms with Gasteiger partial charge in [-0.2, -0.15) is 0 Å². The number of fused-ring (bicyclic) bond motifs is 2. The Morgan fingerprint density at radius 1 is 0.446 bits per heavy atom. The fourth-order valence-electron chi connectivity index (χ4n) is 8.14. The van der Waals surface area contributed by atoms with Gasteiger partial charge in [-0.15, -0.1) is 0 Å². The zero-order chi connectivity index (χ0) is 54.2. The van der Waals surface area contributed by atoms with Gasteiger partial charge in [0.15, 0.2) is 0 Å². The van der Waals surface area contributed by atoms with E-state index in [-0.39, 0.29) is 0 Å². The Bertz CT molecular complexity index is 2610. The number of aliphatic carboxylic acids is 6. The summed E-state index contributed by atoms with van der Waals surface area (Å²) in [6.07, 6.45) is 10.7. The van der Waals surface area contributed by atoms with Gasteiger partial charge in [0.05, 0.1) is 22.1 Å². The molecule has 74 heavy (non-hydrogen) atoms. The normalized spacial score (nSPS) is 14.3. The Hall–Kier alpha value is -8.22. The number of para-hydroxylation sites is 4. The van der Waals surface area contributed by atoms with Crippen molar-refractivity contribution < 1.29 is 59.4 Å². The van der Waals surface area contributed by atoms with E-state index in [0.29, 0.717) is 36.5 Å². The zero-order valence-corrected chi connectivity index (χ0v) is 42.2. The lowest BCUT2D eigenvalue weighted by atomic mass is 9.93. The van der Waals surface area contributed by atoms with Crippen LogP contribution in [0.25, 0.3) is 22.1 Å². The molecule has 4 aromatic carbocycles. The number of hydrogen-bond acceptors (Lipinski definition) is 10. The minimum atomic E-state index is -1.26. The van der Waals surface area contributed by atoms with Gasteiger partial charge in [0.2, 0.25) is 0 Å². The number of carbonyl (C=O) groups is 6. The molecule has 2 saturated heterocycles. The van der Waals surface area contributed by atoms with E-state index < -0.39 is 35.8 Å². The summed E-state index contributed by atoms with van der Waals surface area (Å²) < 4.78 is 4.86. The van der Waals surface area contributed by atoms with Gasteiger partial charge >= 0.3 is 35.8 Å². The van der Waals surface area contributed by atoms with Crippen molar-refractivity contribution in [2.75, 3.05) is 40.3 Å². The van der Waals surface area contributed by atoms with Crippen molar-refractivity contribution in [3.05, 3.63) is 167 Å². The van der Waals surface area contributed by atoms with E-state index in [1.807, 2.05) is 0 Å². The Kier molecular flexibility index (Phi) is 23.6. The Labute approximate surface area is 429 Å². The topological polar surface area (TPSA) is 266 Å². The van der Waals surface area contributed by atoms with Crippen LogP contribution in [0, 0.1) is 25.7 Å². The van der Waals surface area contributed by atoms with Crippen molar-refractivity contribution in [1.29, 1.82) is 0 Å². The molecule has 0 radical (unpaired) electrons. The maximum atomic E-state index is 9.55. The maximum Gasteiger partial charge on any atom is 0.328 e. The van der Waals surface area contributed by atoms with E-state index in [1.165, 1.54) is 96.8 Å². The monoisotopic (exact) mass is 1010 g/mol. The first-order valence-electron chi connectivity index (χ1n) is 24.0. The number of benzene rings is 4. The molecule has 0 unspecified atom stereocenters. The molecule has 0 saturated carbocycles. The van der Waals surface area contributed by atoms with E-state index in [9.17, 15) is 28.8 Å². The molecule has 2 aromatic heterocycles. The third-order valence-electron chi connectivity index (χ3n) is 12.1. The van der Waals surface area contributed by atoms with E-state index in [1.54, 1.807) is 0 Å². The number of hydrogen-bond donors (Lipinski definition) is 6. The summed E-state index contributed by atoms with van der Waals surface area (Å²) >= 11 is 0. The van der Waals surface area contributed by atoms with Gasteiger partial charge in [-0.05, 0) is 127 Å². The first-order chi connectivity index (χ1) is 35.3.